The van der Waals surface area contributed by atoms with E-state index in [0.29, 0.717) is 11.4 Å². The fraction of sp³-hybridized carbons (Fsp3) is 0.476. The maximum Gasteiger partial charge on any atom is 0.352 e. The van der Waals surface area contributed by atoms with Gasteiger partial charge in [-0.05, 0) is 19.4 Å². The van der Waals surface area contributed by atoms with Crippen LogP contribution in [0.5, 0.6) is 0 Å². The molecule has 19 heteroatoms. The van der Waals surface area contributed by atoms with Crippen LogP contribution in [0.3, 0.4) is 0 Å². The second kappa shape index (κ2) is 12.3. The number of amides is 3. The summed E-state index contributed by atoms with van der Waals surface area (Å²) in [6.07, 6.45) is -0.436. The van der Waals surface area contributed by atoms with Crippen molar-refractivity contribution >= 4 is 87.0 Å². The van der Waals surface area contributed by atoms with Crippen LogP contribution in [0.15, 0.2) is 26.8 Å². The molecule has 1 saturated heterocycles. The first-order chi connectivity index (χ1) is 19.0. The first kappa shape index (κ1) is 30.1. The number of alkyl halides is 1. The standard InChI is InChI=1S/C21H24ClN8O7S3/c1-10-23-11(2)29(9-28(10)36)40-7-12-6-39-21(4-15(32)30(21)17(12)19(34)35)26-18(33)16(27-37-3)13-8-38-20(24-13)25-14(31)5-22/h8,11H,4-7,9H2,1-3H3,(H,26,33)(H,34,35)(H,24,25,31)/q-1/b27-16-/t11?,21-/m1/s1. The van der Waals surface area contributed by atoms with E-state index in [-0.39, 0.29) is 58.9 Å². The lowest BCUT2D eigenvalue weighted by Gasteiger charge is -2.54. The van der Waals surface area contributed by atoms with Crippen LogP contribution >= 0.6 is 46.6 Å². The first-order valence-electron chi connectivity index (χ1n) is 11.6. The molecule has 1 unspecified atom stereocenters. The van der Waals surface area contributed by atoms with E-state index in [2.05, 4.69) is 25.8 Å². The number of β-lactam (4-membered cyclic amide) rings is 1. The zero-order valence-corrected chi connectivity index (χ0v) is 24.6. The van der Waals surface area contributed by atoms with Gasteiger partial charge in [0.15, 0.2) is 15.8 Å². The van der Waals surface area contributed by atoms with Gasteiger partial charge in [0.25, 0.3) is 5.91 Å². The molecule has 0 aliphatic carbocycles. The van der Waals surface area contributed by atoms with Crippen molar-refractivity contribution in [2.75, 3.05) is 36.5 Å². The second-order valence-corrected chi connectivity index (χ2v) is 11.9. The molecule has 0 aromatic carbocycles. The number of nitrogens with zero attached hydrogens (tertiary/aromatic N) is 6. The average Bonchev–Trinajstić information content (AvgIpc) is 3.35. The third-order valence-electron chi connectivity index (χ3n) is 5.89. The van der Waals surface area contributed by atoms with Gasteiger partial charge in [-0.2, -0.15) is 0 Å². The van der Waals surface area contributed by atoms with Crippen LogP contribution in [0.1, 0.15) is 26.0 Å². The van der Waals surface area contributed by atoms with Gasteiger partial charge in [-0.1, -0.05) is 17.1 Å². The topological polar surface area (TPSA) is 192 Å². The number of aromatic nitrogens is 1. The molecule has 0 bridgehead atoms. The van der Waals surface area contributed by atoms with Gasteiger partial charge in [0, 0.05) is 16.9 Å². The van der Waals surface area contributed by atoms with Gasteiger partial charge in [0.05, 0.1) is 18.9 Å². The molecule has 3 amide bonds. The van der Waals surface area contributed by atoms with E-state index in [1.165, 1.54) is 36.2 Å². The summed E-state index contributed by atoms with van der Waals surface area (Å²) >= 11 is 8.97. The SMILES string of the molecule is CO/N=C(\C(=O)N[C@]12CC(=O)N1C(C(=O)O)=C(CSN1CN([O-])C(C)=NC1C)CS2)c1csc(NC(=O)CCl)n1. The molecule has 4 rings (SSSR count). The maximum atomic E-state index is 13.3. The van der Waals surface area contributed by atoms with Crippen molar-refractivity contribution in [3.8, 4) is 0 Å². The molecular formula is C21H24ClN8O7S3-. The summed E-state index contributed by atoms with van der Waals surface area (Å²) in [5.74, 6) is -2.56. The van der Waals surface area contributed by atoms with Gasteiger partial charge in [0.1, 0.15) is 30.5 Å². The number of carboxylic acids is 1. The number of carboxylic acid groups (broad SMARTS) is 1. The van der Waals surface area contributed by atoms with Gasteiger partial charge in [-0.3, -0.25) is 24.3 Å². The molecule has 3 aliphatic rings. The number of thiazole rings is 1. The number of amidine groups is 1. The highest BCUT2D eigenvalue weighted by Gasteiger charge is 2.58. The van der Waals surface area contributed by atoms with E-state index < -0.39 is 28.7 Å². The number of oxime groups is 1. The third kappa shape index (κ3) is 6.06. The van der Waals surface area contributed by atoms with E-state index in [1.807, 2.05) is 6.92 Å². The van der Waals surface area contributed by atoms with E-state index in [1.54, 1.807) is 11.2 Å². The Morgan fingerprint density at radius 1 is 1.43 bits per heavy atom. The molecule has 1 aromatic heterocycles. The molecule has 2 atom stereocenters. The molecule has 3 N–H and O–H groups in total. The van der Waals surface area contributed by atoms with Crippen LogP contribution in [0.25, 0.3) is 0 Å². The van der Waals surface area contributed by atoms with E-state index >= 15 is 0 Å². The van der Waals surface area contributed by atoms with Crippen LogP contribution in [0.2, 0.25) is 0 Å². The predicted molar refractivity (Wildman–Crippen MR) is 151 cm³/mol. The Balaban J connectivity index is 1.53. The maximum absolute atomic E-state index is 13.3. The number of carbonyl (C=O) groups excluding carboxylic acids is 3. The number of thioether (sulfide) groups is 1. The summed E-state index contributed by atoms with van der Waals surface area (Å²) in [6.45, 7) is 3.50. The molecule has 0 saturated carbocycles. The minimum absolute atomic E-state index is 0.0577. The molecule has 1 fully saturated rings. The van der Waals surface area contributed by atoms with E-state index in [4.69, 9.17) is 16.4 Å². The van der Waals surface area contributed by atoms with Gasteiger partial charge >= 0.3 is 5.97 Å². The molecule has 4 heterocycles. The third-order valence-corrected chi connectivity index (χ3v) is 9.52. The van der Waals surface area contributed by atoms with Gasteiger partial charge in [0.2, 0.25) is 11.8 Å². The number of fused-ring (bicyclic) bond motifs is 1. The molecule has 0 radical (unpaired) electrons. The van der Waals surface area contributed by atoms with Crippen LogP contribution in [-0.2, 0) is 24.0 Å². The largest absolute Gasteiger partial charge is 0.757 e. The summed E-state index contributed by atoms with van der Waals surface area (Å²) in [6, 6.07) is 0. The minimum atomic E-state index is -1.36. The number of anilines is 1. The van der Waals surface area contributed by atoms with Crippen molar-refractivity contribution in [2.24, 2.45) is 10.1 Å². The molecule has 1 aromatic rings. The average molecular weight is 632 g/mol. The number of hydrogen-bond donors (Lipinski definition) is 3. The Morgan fingerprint density at radius 3 is 2.83 bits per heavy atom. The Hall–Kier alpha value is -2.90. The highest BCUT2D eigenvalue weighted by Crippen LogP contribution is 2.48. The summed E-state index contributed by atoms with van der Waals surface area (Å²) in [7, 11) is 1.24. The Labute approximate surface area is 245 Å². The summed E-state index contributed by atoms with van der Waals surface area (Å²) in [4.78, 5) is 62.9. The highest BCUT2D eigenvalue weighted by molar-refractivity contribution is 8.01. The van der Waals surface area contributed by atoms with Crippen molar-refractivity contribution in [2.45, 2.75) is 31.4 Å². The fourth-order valence-corrected chi connectivity index (χ4v) is 7.28. The number of rotatable bonds is 10. The predicted octanol–water partition coefficient (Wildman–Crippen LogP) is 1.24. The normalized spacial score (nSPS) is 23.3. The highest BCUT2D eigenvalue weighted by atomic mass is 35.5. The monoisotopic (exact) mass is 631 g/mol. The molecule has 15 nitrogen and oxygen atoms in total. The first-order valence-corrected chi connectivity index (χ1v) is 14.9. The van der Waals surface area contributed by atoms with Crippen molar-refractivity contribution < 1.29 is 29.1 Å². The zero-order chi connectivity index (χ0) is 29.2. The van der Waals surface area contributed by atoms with Gasteiger partial charge in [-0.15, -0.1) is 34.7 Å². The number of aliphatic imine (C=N–C) groups is 1. The van der Waals surface area contributed by atoms with Crippen molar-refractivity contribution in [3.63, 3.8) is 0 Å². The zero-order valence-electron chi connectivity index (χ0n) is 21.4. The van der Waals surface area contributed by atoms with Gasteiger partial charge < -0.3 is 30.8 Å². The molecular weight excluding hydrogens is 608 g/mol. The summed E-state index contributed by atoms with van der Waals surface area (Å²) < 4.78 is 1.73. The lowest BCUT2D eigenvalue weighted by Crippen LogP contribution is -2.72. The number of halogens is 1. The van der Waals surface area contributed by atoms with Crippen molar-refractivity contribution in [1.29, 1.82) is 0 Å². The smallest absolute Gasteiger partial charge is 0.352 e. The van der Waals surface area contributed by atoms with Crippen LogP contribution in [0, 0.1) is 5.21 Å². The Morgan fingerprint density at radius 2 is 2.17 bits per heavy atom. The quantitative estimate of drug-likeness (QED) is 0.110. The number of hydrogen-bond acceptors (Lipinski definition) is 14. The molecule has 216 valence electrons. The van der Waals surface area contributed by atoms with Crippen molar-refractivity contribution in [1.82, 2.24) is 24.6 Å². The Kier molecular flexibility index (Phi) is 9.26. The molecule has 40 heavy (non-hydrogen) atoms. The minimum Gasteiger partial charge on any atom is -0.757 e. The molecule has 3 aliphatic heterocycles. The van der Waals surface area contributed by atoms with Crippen LogP contribution in [-0.4, -0.2) is 102 Å². The number of nitrogens with one attached hydrogen (secondary N) is 2. The number of aliphatic carboxylic acids is 1. The Bertz CT molecular complexity index is 1320. The molecule has 0 spiro atoms. The number of hydroxylamine groups is 2. The van der Waals surface area contributed by atoms with E-state index in [9.17, 15) is 29.5 Å². The van der Waals surface area contributed by atoms with Crippen LogP contribution < -0.4 is 10.6 Å². The lowest BCUT2D eigenvalue weighted by molar-refractivity contribution is -0.154. The second-order valence-electron chi connectivity index (χ2n) is 8.55. The summed E-state index contributed by atoms with van der Waals surface area (Å²) in [5, 5.41) is 33.4. The number of carbonyl (C=O) groups is 4. The van der Waals surface area contributed by atoms with Crippen LogP contribution in [0.4, 0.5) is 5.13 Å². The van der Waals surface area contributed by atoms with Gasteiger partial charge in [-0.25, -0.2) is 14.1 Å². The summed E-state index contributed by atoms with van der Waals surface area (Å²) in [5.41, 5.74) is 0.0896. The van der Waals surface area contributed by atoms with E-state index in [0.717, 1.165) is 21.3 Å². The van der Waals surface area contributed by atoms with Crippen molar-refractivity contribution in [3.05, 3.63) is 27.6 Å². The fourth-order valence-electron chi connectivity index (χ4n) is 4.00. The lowest BCUT2D eigenvalue weighted by atomic mass is 10.0.